The highest BCUT2D eigenvalue weighted by Crippen LogP contribution is 2.10. The van der Waals surface area contributed by atoms with Gasteiger partial charge in [0, 0.05) is 17.9 Å². The predicted octanol–water partition coefficient (Wildman–Crippen LogP) is 1.78. The molecule has 3 nitrogen and oxygen atoms in total. The van der Waals surface area contributed by atoms with Crippen LogP contribution in [-0.4, -0.2) is 15.5 Å². The van der Waals surface area contributed by atoms with Crippen molar-refractivity contribution in [3.8, 4) is 0 Å². The first-order valence-corrected chi connectivity index (χ1v) is 3.67. The van der Waals surface area contributed by atoms with Crippen molar-refractivity contribution in [1.82, 2.24) is 4.40 Å². The quantitative estimate of drug-likeness (QED) is 0.724. The van der Waals surface area contributed by atoms with Crippen molar-refractivity contribution in [3.05, 3.63) is 42.0 Å². The van der Waals surface area contributed by atoms with Gasteiger partial charge in [-0.25, -0.2) is 9.18 Å². The molecule has 0 aromatic carbocycles. The van der Waals surface area contributed by atoms with Crippen molar-refractivity contribution in [1.29, 1.82) is 0 Å². The van der Waals surface area contributed by atoms with Gasteiger partial charge in [0.25, 0.3) is 0 Å². The molecule has 0 saturated carbocycles. The summed E-state index contributed by atoms with van der Waals surface area (Å²) in [4.78, 5) is 10.5. The van der Waals surface area contributed by atoms with Crippen LogP contribution >= 0.6 is 0 Å². The lowest BCUT2D eigenvalue weighted by Crippen LogP contribution is -1.92. The van der Waals surface area contributed by atoms with Gasteiger partial charge in [-0.3, -0.25) is 0 Å². The number of rotatable bonds is 1. The SMILES string of the molecule is O=C(O)c1cc2ccc(F)cn2c1. The van der Waals surface area contributed by atoms with Crippen LogP contribution in [0.5, 0.6) is 0 Å². The molecule has 13 heavy (non-hydrogen) atoms. The van der Waals surface area contributed by atoms with Crippen molar-refractivity contribution >= 4 is 11.5 Å². The highest BCUT2D eigenvalue weighted by atomic mass is 19.1. The minimum absolute atomic E-state index is 0.158. The summed E-state index contributed by atoms with van der Waals surface area (Å²) in [5, 5.41) is 8.65. The van der Waals surface area contributed by atoms with Crippen LogP contribution in [0.2, 0.25) is 0 Å². The summed E-state index contributed by atoms with van der Waals surface area (Å²) in [6.45, 7) is 0. The molecule has 0 aliphatic carbocycles. The minimum Gasteiger partial charge on any atom is -0.478 e. The lowest BCUT2D eigenvalue weighted by atomic mass is 10.3. The number of nitrogens with zero attached hydrogens (tertiary/aromatic N) is 1. The molecule has 0 amide bonds. The van der Waals surface area contributed by atoms with E-state index < -0.39 is 5.97 Å². The lowest BCUT2D eigenvalue weighted by Gasteiger charge is -1.91. The molecule has 4 heteroatoms. The predicted molar refractivity (Wildman–Crippen MR) is 44.3 cm³/mol. The monoisotopic (exact) mass is 179 g/mol. The summed E-state index contributed by atoms with van der Waals surface area (Å²) >= 11 is 0. The molecule has 0 aliphatic rings. The molecular formula is C9H6FNO2. The highest BCUT2D eigenvalue weighted by molar-refractivity contribution is 5.89. The number of carboxylic acid groups (broad SMARTS) is 1. The first-order chi connectivity index (χ1) is 6.16. The molecule has 0 radical (unpaired) electrons. The van der Waals surface area contributed by atoms with Crippen molar-refractivity contribution in [2.24, 2.45) is 0 Å². The van der Waals surface area contributed by atoms with E-state index in [1.54, 1.807) is 0 Å². The van der Waals surface area contributed by atoms with Crippen molar-refractivity contribution in [2.45, 2.75) is 0 Å². The fourth-order valence-electron chi connectivity index (χ4n) is 1.20. The molecule has 0 fully saturated rings. The molecule has 66 valence electrons. The Morgan fingerprint density at radius 1 is 1.38 bits per heavy atom. The van der Waals surface area contributed by atoms with Crippen molar-refractivity contribution in [2.75, 3.05) is 0 Å². The minimum atomic E-state index is -1.01. The summed E-state index contributed by atoms with van der Waals surface area (Å²) in [6, 6.07) is 4.31. The Balaban J connectivity index is 2.68. The lowest BCUT2D eigenvalue weighted by molar-refractivity contribution is 0.0697. The maximum absolute atomic E-state index is 12.7. The van der Waals surface area contributed by atoms with Gasteiger partial charge in [-0.15, -0.1) is 0 Å². The number of hydrogen-bond acceptors (Lipinski definition) is 1. The molecule has 0 bridgehead atoms. The normalized spacial score (nSPS) is 10.5. The zero-order valence-electron chi connectivity index (χ0n) is 6.57. The van der Waals surface area contributed by atoms with Gasteiger partial charge in [0.1, 0.15) is 5.82 Å². The van der Waals surface area contributed by atoms with Gasteiger partial charge in [-0.05, 0) is 18.2 Å². The van der Waals surface area contributed by atoms with Gasteiger partial charge >= 0.3 is 5.97 Å². The van der Waals surface area contributed by atoms with Gasteiger partial charge in [-0.1, -0.05) is 0 Å². The summed E-state index contributed by atoms with van der Waals surface area (Å²) in [5.74, 6) is -1.40. The molecule has 2 rings (SSSR count). The molecule has 1 N–H and O–H groups in total. The van der Waals surface area contributed by atoms with E-state index in [0.29, 0.717) is 5.52 Å². The topological polar surface area (TPSA) is 41.7 Å². The van der Waals surface area contributed by atoms with Crippen LogP contribution in [0.3, 0.4) is 0 Å². The largest absolute Gasteiger partial charge is 0.478 e. The van der Waals surface area contributed by atoms with Crippen molar-refractivity contribution < 1.29 is 14.3 Å². The van der Waals surface area contributed by atoms with Gasteiger partial charge in [0.05, 0.1) is 5.56 Å². The third-order valence-electron chi connectivity index (χ3n) is 1.80. The van der Waals surface area contributed by atoms with Crippen LogP contribution in [-0.2, 0) is 0 Å². The number of pyridine rings is 1. The standard InChI is InChI=1S/C9H6FNO2/c10-7-1-2-8-3-6(9(12)13)4-11(8)5-7/h1-5H,(H,12,13). The number of aromatic carboxylic acids is 1. The summed E-state index contributed by atoms with van der Waals surface area (Å²) in [5.41, 5.74) is 0.824. The van der Waals surface area contributed by atoms with Crippen LogP contribution in [0.1, 0.15) is 10.4 Å². The summed E-state index contributed by atoms with van der Waals surface area (Å²) in [7, 11) is 0. The number of fused-ring (bicyclic) bond motifs is 1. The Hall–Kier alpha value is -1.84. The second-order valence-corrected chi connectivity index (χ2v) is 2.71. The van der Waals surface area contributed by atoms with Crippen molar-refractivity contribution in [3.63, 3.8) is 0 Å². The van der Waals surface area contributed by atoms with Crippen LogP contribution in [0.4, 0.5) is 4.39 Å². The zero-order valence-corrected chi connectivity index (χ0v) is 6.57. The molecule has 0 spiro atoms. The Bertz CT molecular complexity index is 475. The van der Waals surface area contributed by atoms with E-state index in [9.17, 15) is 9.18 Å². The number of aromatic nitrogens is 1. The Morgan fingerprint density at radius 2 is 2.15 bits per heavy atom. The van der Waals surface area contributed by atoms with E-state index in [1.165, 1.54) is 35.0 Å². The van der Waals surface area contributed by atoms with Gasteiger partial charge in [0.15, 0.2) is 0 Å². The molecular weight excluding hydrogens is 173 g/mol. The van der Waals surface area contributed by atoms with E-state index in [0.717, 1.165) is 0 Å². The van der Waals surface area contributed by atoms with Crippen LogP contribution < -0.4 is 0 Å². The first-order valence-electron chi connectivity index (χ1n) is 3.67. The summed E-state index contributed by atoms with van der Waals surface area (Å²) in [6.07, 6.45) is 2.61. The molecule has 2 heterocycles. The van der Waals surface area contributed by atoms with E-state index in [-0.39, 0.29) is 11.4 Å². The number of carboxylic acids is 1. The molecule has 2 aromatic heterocycles. The molecule has 0 atom stereocenters. The molecule has 0 saturated heterocycles. The second kappa shape index (κ2) is 2.58. The number of halogens is 1. The maximum atomic E-state index is 12.7. The zero-order chi connectivity index (χ0) is 9.42. The molecule has 0 aliphatic heterocycles. The fourth-order valence-corrected chi connectivity index (χ4v) is 1.20. The highest BCUT2D eigenvalue weighted by Gasteiger charge is 2.05. The van der Waals surface area contributed by atoms with E-state index >= 15 is 0 Å². The second-order valence-electron chi connectivity index (χ2n) is 2.71. The maximum Gasteiger partial charge on any atom is 0.337 e. The van der Waals surface area contributed by atoms with E-state index in [2.05, 4.69) is 0 Å². The Labute approximate surface area is 73.0 Å². The van der Waals surface area contributed by atoms with Gasteiger partial charge < -0.3 is 9.51 Å². The van der Waals surface area contributed by atoms with Gasteiger partial charge in [0.2, 0.25) is 0 Å². The van der Waals surface area contributed by atoms with Crippen LogP contribution in [0.25, 0.3) is 5.52 Å². The average molecular weight is 179 g/mol. The third-order valence-corrected chi connectivity index (χ3v) is 1.80. The smallest absolute Gasteiger partial charge is 0.337 e. The Morgan fingerprint density at radius 3 is 2.85 bits per heavy atom. The van der Waals surface area contributed by atoms with Crippen LogP contribution in [0, 0.1) is 5.82 Å². The van der Waals surface area contributed by atoms with Crippen LogP contribution in [0.15, 0.2) is 30.6 Å². The first kappa shape index (κ1) is 7.79. The number of carbonyl (C=O) groups is 1. The average Bonchev–Trinajstić information content (AvgIpc) is 2.46. The van der Waals surface area contributed by atoms with E-state index in [4.69, 9.17) is 5.11 Å². The molecule has 2 aromatic rings. The van der Waals surface area contributed by atoms with Gasteiger partial charge in [-0.2, -0.15) is 0 Å². The summed E-state index contributed by atoms with van der Waals surface area (Å²) < 4.78 is 14.1. The molecule has 0 unspecified atom stereocenters. The van der Waals surface area contributed by atoms with E-state index in [1.807, 2.05) is 0 Å². The number of hydrogen-bond donors (Lipinski definition) is 1. The Kier molecular flexibility index (Phi) is 1.55. The third kappa shape index (κ3) is 1.26. The fraction of sp³-hybridized carbons (Fsp3) is 0.